The van der Waals surface area contributed by atoms with E-state index in [9.17, 15) is 9.59 Å². The van der Waals surface area contributed by atoms with Gasteiger partial charge in [0, 0.05) is 5.56 Å². The van der Waals surface area contributed by atoms with Crippen LogP contribution in [0.15, 0.2) is 43.0 Å². The molecule has 0 fully saturated rings. The lowest BCUT2D eigenvalue weighted by Crippen LogP contribution is -2.25. The van der Waals surface area contributed by atoms with Crippen molar-refractivity contribution < 1.29 is 14.2 Å². The first-order chi connectivity index (χ1) is 9.06. The first-order valence-electron chi connectivity index (χ1n) is 5.97. The van der Waals surface area contributed by atoms with Crippen LogP contribution in [0.3, 0.4) is 0 Å². The van der Waals surface area contributed by atoms with E-state index >= 15 is 0 Å². The van der Waals surface area contributed by atoms with E-state index in [1.165, 1.54) is 6.92 Å². The maximum atomic E-state index is 11.9. The van der Waals surface area contributed by atoms with E-state index in [4.69, 9.17) is 0 Å². The van der Waals surface area contributed by atoms with E-state index < -0.39 is 0 Å². The van der Waals surface area contributed by atoms with Crippen LogP contribution in [-0.2, 0) is 18.4 Å². The Morgan fingerprint density at radius 3 is 2.68 bits per heavy atom. The van der Waals surface area contributed by atoms with Gasteiger partial charge in [-0.05, 0) is 19.1 Å². The molecule has 0 saturated heterocycles. The highest BCUT2D eigenvalue weighted by atomic mass is 16.2. The van der Waals surface area contributed by atoms with Gasteiger partial charge in [0.1, 0.15) is 12.4 Å². The van der Waals surface area contributed by atoms with E-state index in [1.807, 2.05) is 30.3 Å². The van der Waals surface area contributed by atoms with Crippen molar-refractivity contribution in [3.05, 3.63) is 48.5 Å². The summed E-state index contributed by atoms with van der Waals surface area (Å²) in [5.74, 6) is -0.229. The van der Waals surface area contributed by atoms with Crippen molar-refractivity contribution in [1.29, 1.82) is 0 Å². The van der Waals surface area contributed by atoms with Crippen molar-refractivity contribution in [1.82, 2.24) is 4.57 Å². The van der Waals surface area contributed by atoms with Crippen molar-refractivity contribution in [2.24, 2.45) is 7.05 Å². The highest BCUT2D eigenvalue weighted by molar-refractivity contribution is 6.03. The van der Waals surface area contributed by atoms with Crippen molar-refractivity contribution in [3.8, 4) is 0 Å². The SMILES string of the molecule is CC(=O)c1ccccc1NC(=O)Cn1cc[n+](C)c1. The number of anilines is 1. The number of carbonyl (C=O) groups is 2. The summed E-state index contributed by atoms with van der Waals surface area (Å²) in [6.07, 6.45) is 5.49. The van der Waals surface area contributed by atoms with E-state index in [-0.39, 0.29) is 18.2 Å². The first kappa shape index (κ1) is 13.0. The molecule has 5 heteroatoms. The maximum absolute atomic E-state index is 11.9. The molecule has 1 aromatic carbocycles. The van der Waals surface area contributed by atoms with Crippen LogP contribution in [0, 0.1) is 0 Å². The number of aromatic nitrogens is 2. The van der Waals surface area contributed by atoms with Gasteiger partial charge in [-0.25, -0.2) is 9.13 Å². The summed E-state index contributed by atoms with van der Waals surface area (Å²) in [6, 6.07) is 6.99. The number of imidazole rings is 1. The van der Waals surface area contributed by atoms with Gasteiger partial charge in [-0.15, -0.1) is 0 Å². The molecule has 0 bridgehead atoms. The molecular weight excluding hydrogens is 242 g/mol. The van der Waals surface area contributed by atoms with E-state index in [0.29, 0.717) is 11.3 Å². The molecular formula is C14H16N3O2+. The van der Waals surface area contributed by atoms with Gasteiger partial charge < -0.3 is 5.32 Å². The third-order valence-corrected chi connectivity index (χ3v) is 2.73. The normalized spacial score (nSPS) is 10.2. The average Bonchev–Trinajstić information content (AvgIpc) is 2.75. The van der Waals surface area contributed by atoms with Gasteiger partial charge in [0.15, 0.2) is 12.3 Å². The monoisotopic (exact) mass is 258 g/mol. The second-order valence-electron chi connectivity index (χ2n) is 4.40. The summed E-state index contributed by atoms with van der Waals surface area (Å²) < 4.78 is 3.63. The molecule has 1 heterocycles. The number of nitrogens with one attached hydrogen (secondary N) is 1. The fourth-order valence-electron chi connectivity index (χ4n) is 1.85. The molecule has 0 saturated carbocycles. The van der Waals surface area contributed by atoms with Crippen LogP contribution >= 0.6 is 0 Å². The van der Waals surface area contributed by atoms with Crippen LogP contribution in [0.1, 0.15) is 17.3 Å². The highest BCUT2D eigenvalue weighted by Gasteiger charge is 2.12. The third kappa shape index (κ3) is 3.28. The molecule has 2 aromatic rings. The molecule has 0 radical (unpaired) electrons. The lowest BCUT2D eigenvalue weighted by Gasteiger charge is -2.07. The third-order valence-electron chi connectivity index (χ3n) is 2.73. The van der Waals surface area contributed by atoms with Crippen LogP contribution in [0.25, 0.3) is 0 Å². The molecule has 98 valence electrons. The molecule has 1 N–H and O–H groups in total. The van der Waals surface area contributed by atoms with Crippen LogP contribution in [0.5, 0.6) is 0 Å². The second kappa shape index (κ2) is 5.48. The number of benzene rings is 1. The van der Waals surface area contributed by atoms with Crippen LogP contribution in [0.2, 0.25) is 0 Å². The predicted octanol–water partition coefficient (Wildman–Crippen LogP) is 1.15. The molecule has 0 unspecified atom stereocenters. The van der Waals surface area contributed by atoms with Crippen molar-refractivity contribution >= 4 is 17.4 Å². The number of carbonyl (C=O) groups excluding carboxylic acids is 2. The largest absolute Gasteiger partial charge is 0.322 e. The van der Waals surface area contributed by atoms with Gasteiger partial charge in [-0.2, -0.15) is 0 Å². The van der Waals surface area contributed by atoms with Gasteiger partial charge in [0.05, 0.1) is 12.7 Å². The highest BCUT2D eigenvalue weighted by Crippen LogP contribution is 2.15. The number of amides is 1. The zero-order valence-corrected chi connectivity index (χ0v) is 11.0. The minimum absolute atomic E-state index is 0.0664. The molecule has 5 nitrogen and oxygen atoms in total. The van der Waals surface area contributed by atoms with Crippen LogP contribution in [-0.4, -0.2) is 16.3 Å². The Balaban J connectivity index is 2.09. The maximum Gasteiger partial charge on any atom is 0.266 e. The Hall–Kier alpha value is -2.43. The average molecular weight is 258 g/mol. The number of Topliss-reactive ketones (excluding diaryl/α,β-unsaturated/α-hetero) is 1. The number of rotatable bonds is 4. The van der Waals surface area contributed by atoms with Gasteiger partial charge in [0.2, 0.25) is 6.33 Å². The molecule has 0 aliphatic carbocycles. The molecule has 0 atom stereocenters. The van der Waals surface area contributed by atoms with Crippen LogP contribution in [0.4, 0.5) is 5.69 Å². The molecule has 0 spiro atoms. The minimum atomic E-state index is -0.162. The number of ketones is 1. The van der Waals surface area contributed by atoms with Crippen LogP contribution < -0.4 is 9.88 Å². The Bertz CT molecular complexity index is 617. The smallest absolute Gasteiger partial charge is 0.266 e. The van der Waals surface area contributed by atoms with Crippen molar-refractivity contribution in [2.75, 3.05) is 5.32 Å². The van der Waals surface area contributed by atoms with Gasteiger partial charge in [0.25, 0.3) is 5.91 Å². The summed E-state index contributed by atoms with van der Waals surface area (Å²) in [6.45, 7) is 1.70. The Morgan fingerprint density at radius 2 is 2.05 bits per heavy atom. The van der Waals surface area contributed by atoms with E-state index in [0.717, 1.165) is 0 Å². The number of aryl methyl sites for hydroxylation is 1. The number of hydrogen-bond donors (Lipinski definition) is 1. The standard InChI is InChI=1S/C14H15N3O2/c1-11(18)12-5-3-4-6-13(12)15-14(19)9-17-8-7-16(2)10-17/h3-8,10H,9H2,1-2H3/p+1. The van der Waals surface area contributed by atoms with E-state index in [1.54, 1.807) is 28.8 Å². The first-order valence-corrected chi connectivity index (χ1v) is 5.97. The fraction of sp³-hybridized carbons (Fsp3) is 0.214. The lowest BCUT2D eigenvalue weighted by atomic mass is 10.1. The number of nitrogens with zero attached hydrogens (tertiary/aromatic N) is 2. The predicted molar refractivity (Wildman–Crippen MR) is 70.7 cm³/mol. The van der Waals surface area contributed by atoms with E-state index in [2.05, 4.69) is 5.32 Å². The zero-order valence-electron chi connectivity index (χ0n) is 11.0. The van der Waals surface area contributed by atoms with Crippen molar-refractivity contribution in [3.63, 3.8) is 0 Å². The zero-order chi connectivity index (χ0) is 13.8. The number of para-hydroxylation sites is 1. The van der Waals surface area contributed by atoms with Gasteiger partial charge in [-0.1, -0.05) is 12.1 Å². The van der Waals surface area contributed by atoms with Crippen molar-refractivity contribution in [2.45, 2.75) is 13.5 Å². The molecule has 1 aromatic heterocycles. The quantitative estimate of drug-likeness (QED) is 0.661. The Morgan fingerprint density at radius 1 is 1.32 bits per heavy atom. The summed E-state index contributed by atoms with van der Waals surface area (Å²) in [4.78, 5) is 23.4. The summed E-state index contributed by atoms with van der Waals surface area (Å²) in [5, 5.41) is 2.76. The van der Waals surface area contributed by atoms with Gasteiger partial charge in [-0.3, -0.25) is 9.59 Å². The molecule has 2 rings (SSSR count). The Labute approximate surface area is 111 Å². The Kier molecular flexibility index (Phi) is 3.75. The summed E-state index contributed by atoms with van der Waals surface area (Å²) >= 11 is 0. The van der Waals surface area contributed by atoms with Gasteiger partial charge >= 0.3 is 0 Å². The topological polar surface area (TPSA) is 55.0 Å². The fourth-order valence-corrected chi connectivity index (χ4v) is 1.85. The minimum Gasteiger partial charge on any atom is -0.322 e. The molecule has 1 amide bonds. The summed E-state index contributed by atoms with van der Waals surface area (Å²) in [5.41, 5.74) is 1.07. The molecule has 19 heavy (non-hydrogen) atoms. The second-order valence-corrected chi connectivity index (χ2v) is 4.40. The molecule has 0 aliphatic heterocycles. The molecule has 0 aliphatic rings. The lowest BCUT2D eigenvalue weighted by molar-refractivity contribution is -0.671. The number of hydrogen-bond acceptors (Lipinski definition) is 2. The summed E-state index contributed by atoms with van der Waals surface area (Å²) in [7, 11) is 1.89.